The van der Waals surface area contributed by atoms with Gasteiger partial charge in [0, 0.05) is 5.56 Å². The predicted molar refractivity (Wildman–Crippen MR) is 133 cm³/mol. The summed E-state index contributed by atoms with van der Waals surface area (Å²) in [5.74, 6) is -2.80. The number of hydrogen-bond acceptors (Lipinski definition) is 5. The van der Waals surface area contributed by atoms with E-state index in [2.05, 4.69) is 4.98 Å². The molecule has 1 saturated heterocycles. The smallest absolute Gasteiger partial charge is 0.259 e. The van der Waals surface area contributed by atoms with Crippen LogP contribution in [0.2, 0.25) is 0 Å². The molecule has 2 aliphatic rings. The number of nitrogens with zero attached hydrogens (tertiary/aromatic N) is 4. The molecule has 1 aromatic heterocycles. The molecule has 2 heterocycles. The fourth-order valence-corrected chi connectivity index (χ4v) is 5.31. The van der Waals surface area contributed by atoms with Crippen LogP contribution >= 0.6 is 12.2 Å². The number of nitriles is 1. The Kier molecular flexibility index (Phi) is 5.53. The number of aryl methyl sites for hydroxylation is 1. The van der Waals surface area contributed by atoms with Crippen LogP contribution in [-0.2, 0) is 4.79 Å². The molecule has 0 unspecified atom stereocenters. The van der Waals surface area contributed by atoms with Crippen LogP contribution < -0.4 is 15.5 Å². The molecule has 2 aromatic carbocycles. The van der Waals surface area contributed by atoms with Crippen LogP contribution in [0.1, 0.15) is 40.9 Å². The highest BCUT2D eigenvalue weighted by Gasteiger charge is 2.60. The Labute approximate surface area is 210 Å². The maximum atomic E-state index is 15.8. The third kappa shape index (κ3) is 3.35. The number of carbonyl (C=O) groups excluding carboxylic acids is 2. The van der Waals surface area contributed by atoms with Gasteiger partial charge >= 0.3 is 0 Å². The third-order valence-corrected chi connectivity index (χ3v) is 7.13. The van der Waals surface area contributed by atoms with Gasteiger partial charge in [-0.3, -0.25) is 14.5 Å². The van der Waals surface area contributed by atoms with E-state index in [1.165, 1.54) is 41.4 Å². The van der Waals surface area contributed by atoms with Crippen molar-refractivity contribution in [1.82, 2.24) is 4.98 Å². The van der Waals surface area contributed by atoms with Crippen molar-refractivity contribution in [2.24, 2.45) is 5.73 Å². The molecule has 2 N–H and O–H groups in total. The third-order valence-electron chi connectivity index (χ3n) is 6.76. The summed E-state index contributed by atoms with van der Waals surface area (Å²) in [6.07, 6.45) is 3.08. The summed E-state index contributed by atoms with van der Waals surface area (Å²) in [5.41, 5.74) is 5.46. The van der Waals surface area contributed by atoms with Crippen LogP contribution in [-0.4, -0.2) is 27.4 Å². The van der Waals surface area contributed by atoms with E-state index in [9.17, 15) is 19.2 Å². The monoisotopic (exact) mass is 503 g/mol. The number of amides is 2. The Hall–Kier alpha value is -4.23. The quantitative estimate of drug-likeness (QED) is 0.531. The van der Waals surface area contributed by atoms with Gasteiger partial charge < -0.3 is 10.6 Å². The van der Waals surface area contributed by atoms with Crippen molar-refractivity contribution in [2.75, 3.05) is 9.80 Å². The van der Waals surface area contributed by atoms with E-state index in [0.29, 0.717) is 24.1 Å². The van der Waals surface area contributed by atoms with E-state index in [1.54, 1.807) is 17.9 Å². The minimum atomic E-state index is -1.07. The molecule has 36 heavy (non-hydrogen) atoms. The fraction of sp³-hybridized carbons (Fsp3) is 0.192. The first-order valence-corrected chi connectivity index (χ1v) is 11.5. The van der Waals surface area contributed by atoms with Crippen LogP contribution in [0.3, 0.4) is 0 Å². The summed E-state index contributed by atoms with van der Waals surface area (Å²) in [6, 6.07) is 11.7. The molecule has 7 nitrogen and oxygen atoms in total. The highest BCUT2D eigenvalue weighted by molar-refractivity contribution is 7.81. The van der Waals surface area contributed by atoms with Gasteiger partial charge in [-0.15, -0.1) is 0 Å². The van der Waals surface area contributed by atoms with Crippen molar-refractivity contribution < 1.29 is 18.4 Å². The lowest BCUT2D eigenvalue weighted by molar-refractivity contribution is -0.123. The molecule has 0 bridgehead atoms. The number of rotatable bonds is 4. The van der Waals surface area contributed by atoms with Crippen LogP contribution in [0.5, 0.6) is 0 Å². The zero-order chi connectivity index (χ0) is 25.8. The molecule has 10 heteroatoms. The maximum Gasteiger partial charge on any atom is 0.259 e. The first kappa shape index (κ1) is 23.5. The molecule has 180 valence electrons. The predicted octanol–water partition coefficient (Wildman–Crippen LogP) is 4.37. The molecule has 1 saturated carbocycles. The van der Waals surface area contributed by atoms with Gasteiger partial charge in [-0.05, 0) is 79.9 Å². The second-order valence-electron chi connectivity index (χ2n) is 8.81. The van der Waals surface area contributed by atoms with Gasteiger partial charge in [0.15, 0.2) is 5.11 Å². The normalized spacial score (nSPS) is 16.3. The van der Waals surface area contributed by atoms with Crippen LogP contribution in [0.4, 0.5) is 20.2 Å². The molecule has 0 radical (unpaired) electrons. The minimum absolute atomic E-state index is 0.0804. The Morgan fingerprint density at radius 2 is 1.97 bits per heavy atom. The Morgan fingerprint density at radius 1 is 1.22 bits per heavy atom. The SMILES string of the molecule is Cc1cc(N2C(=O)C3(CCC3)N(c3ccc(C(N)=O)c(F)c3-c3cccc(F)c3)C2=S)cnc1C#N. The van der Waals surface area contributed by atoms with Gasteiger partial charge in [0.2, 0.25) is 0 Å². The van der Waals surface area contributed by atoms with Gasteiger partial charge in [0.05, 0.1) is 23.1 Å². The molecule has 1 spiro atoms. The van der Waals surface area contributed by atoms with Crippen LogP contribution in [0.25, 0.3) is 11.1 Å². The number of nitrogens with two attached hydrogens (primary N) is 1. The average molecular weight is 504 g/mol. The van der Waals surface area contributed by atoms with Crippen molar-refractivity contribution in [2.45, 2.75) is 31.7 Å². The summed E-state index contributed by atoms with van der Waals surface area (Å²) in [4.78, 5) is 32.8. The largest absolute Gasteiger partial charge is 0.366 e. The highest BCUT2D eigenvalue weighted by atomic mass is 32.1. The summed E-state index contributed by atoms with van der Waals surface area (Å²) < 4.78 is 29.9. The van der Waals surface area contributed by atoms with Crippen molar-refractivity contribution in [1.29, 1.82) is 5.26 Å². The van der Waals surface area contributed by atoms with Gasteiger partial charge in [-0.1, -0.05) is 12.1 Å². The fourth-order valence-electron chi connectivity index (χ4n) is 4.84. The maximum absolute atomic E-state index is 15.8. The molecule has 1 aliphatic carbocycles. The van der Waals surface area contributed by atoms with Gasteiger partial charge in [-0.25, -0.2) is 13.8 Å². The first-order chi connectivity index (χ1) is 17.2. The number of aromatic nitrogens is 1. The molecule has 0 atom stereocenters. The van der Waals surface area contributed by atoms with Gasteiger partial charge in [0.1, 0.15) is 28.9 Å². The van der Waals surface area contributed by atoms with Crippen molar-refractivity contribution in [3.63, 3.8) is 0 Å². The molecular formula is C26H19F2N5O2S. The Balaban J connectivity index is 1.72. The zero-order valence-electron chi connectivity index (χ0n) is 19.1. The average Bonchev–Trinajstić information content (AvgIpc) is 3.05. The molecule has 2 amide bonds. The number of pyridine rings is 1. The number of carbonyl (C=O) groups is 2. The van der Waals surface area contributed by atoms with E-state index in [0.717, 1.165) is 12.5 Å². The van der Waals surface area contributed by atoms with Gasteiger partial charge in [0.25, 0.3) is 11.8 Å². The highest BCUT2D eigenvalue weighted by Crippen LogP contribution is 2.50. The summed E-state index contributed by atoms with van der Waals surface area (Å²) in [7, 11) is 0. The van der Waals surface area contributed by atoms with E-state index in [1.807, 2.05) is 6.07 Å². The molecule has 5 rings (SSSR count). The lowest BCUT2D eigenvalue weighted by Crippen LogP contribution is -2.55. The summed E-state index contributed by atoms with van der Waals surface area (Å²) >= 11 is 5.77. The number of benzene rings is 2. The minimum Gasteiger partial charge on any atom is -0.366 e. The second-order valence-corrected chi connectivity index (χ2v) is 9.18. The second kappa shape index (κ2) is 8.46. The zero-order valence-corrected chi connectivity index (χ0v) is 19.9. The number of thiocarbonyl (C=S) groups is 1. The van der Waals surface area contributed by atoms with E-state index in [-0.39, 0.29) is 39.1 Å². The van der Waals surface area contributed by atoms with Gasteiger partial charge in [-0.2, -0.15) is 5.26 Å². The standard InChI is InChI=1S/C26H19F2N5O2S/c1-14-10-17(13-31-19(14)12-29)32-24(35)26(8-3-9-26)33(25(32)36)20-7-6-18(23(30)34)22(28)21(20)15-4-2-5-16(27)11-15/h2,4-7,10-11,13H,3,8-9H2,1H3,(H2,30,34). The molecule has 1 aliphatic heterocycles. The Morgan fingerprint density at radius 3 is 2.56 bits per heavy atom. The lowest BCUT2D eigenvalue weighted by atomic mass is 9.75. The molecule has 2 fully saturated rings. The van der Waals surface area contributed by atoms with Crippen LogP contribution in [0, 0.1) is 29.9 Å². The summed E-state index contributed by atoms with van der Waals surface area (Å²) in [5, 5.41) is 9.32. The topological polar surface area (TPSA) is 103 Å². The number of primary amides is 1. The number of anilines is 2. The van der Waals surface area contributed by atoms with Crippen molar-refractivity contribution in [3.05, 3.63) is 77.1 Å². The molecular weight excluding hydrogens is 484 g/mol. The number of hydrogen-bond donors (Lipinski definition) is 1. The molecule has 3 aromatic rings. The van der Waals surface area contributed by atoms with E-state index in [4.69, 9.17) is 18.0 Å². The van der Waals surface area contributed by atoms with Crippen molar-refractivity contribution >= 4 is 40.5 Å². The Bertz CT molecular complexity index is 1510. The first-order valence-electron chi connectivity index (χ1n) is 11.1. The van der Waals surface area contributed by atoms with E-state index < -0.39 is 23.1 Å². The van der Waals surface area contributed by atoms with E-state index >= 15 is 4.39 Å². The van der Waals surface area contributed by atoms with Crippen LogP contribution in [0.15, 0.2) is 48.7 Å². The summed E-state index contributed by atoms with van der Waals surface area (Å²) in [6.45, 7) is 1.70. The van der Waals surface area contributed by atoms with Crippen molar-refractivity contribution in [3.8, 4) is 17.2 Å². The lowest BCUT2D eigenvalue weighted by Gasteiger charge is -2.43. The number of halogens is 2.